The van der Waals surface area contributed by atoms with E-state index < -0.39 is 5.97 Å². The van der Waals surface area contributed by atoms with Gasteiger partial charge in [0.25, 0.3) is 5.91 Å². The van der Waals surface area contributed by atoms with Gasteiger partial charge >= 0.3 is 5.97 Å². The molecule has 0 fully saturated rings. The van der Waals surface area contributed by atoms with E-state index in [0.29, 0.717) is 10.6 Å². The highest BCUT2D eigenvalue weighted by atomic mass is 32.2. The summed E-state index contributed by atoms with van der Waals surface area (Å²) in [5.74, 6) is -1.05. The molecule has 1 amide bonds. The van der Waals surface area contributed by atoms with Crippen molar-refractivity contribution in [3.63, 3.8) is 0 Å². The van der Waals surface area contributed by atoms with Crippen molar-refractivity contribution < 1.29 is 14.7 Å². The second-order valence-electron chi connectivity index (χ2n) is 3.27. The van der Waals surface area contributed by atoms with E-state index in [1.807, 2.05) is 0 Å². The number of carboxylic acids is 1. The fourth-order valence-electron chi connectivity index (χ4n) is 0.986. The summed E-state index contributed by atoms with van der Waals surface area (Å²) in [5.41, 5.74) is 0.490. The number of carbonyl (C=O) groups is 2. The lowest BCUT2D eigenvalue weighted by molar-refractivity contribution is -0.133. The third-order valence-electron chi connectivity index (χ3n) is 1.73. The van der Waals surface area contributed by atoms with Crippen molar-refractivity contribution in [3.05, 3.63) is 23.9 Å². The van der Waals surface area contributed by atoms with Crippen LogP contribution < -0.4 is 0 Å². The number of thioether (sulfide) groups is 1. The Morgan fingerprint density at radius 1 is 1.44 bits per heavy atom. The molecular weight excluding hydrogens is 228 g/mol. The number of carbonyl (C=O) groups excluding carboxylic acids is 1. The molecule has 0 radical (unpaired) electrons. The van der Waals surface area contributed by atoms with Crippen LogP contribution in [0, 0.1) is 0 Å². The van der Waals surface area contributed by atoms with Crippen molar-refractivity contribution in [1.82, 2.24) is 9.88 Å². The Labute approximate surface area is 97.5 Å². The van der Waals surface area contributed by atoms with Crippen LogP contribution in [0.2, 0.25) is 0 Å². The predicted octanol–water partition coefficient (Wildman–Crippen LogP) is 0.960. The summed E-state index contributed by atoms with van der Waals surface area (Å²) in [6.07, 6.45) is 1.45. The summed E-state index contributed by atoms with van der Waals surface area (Å²) in [7, 11) is 3.32. The summed E-state index contributed by atoms with van der Waals surface area (Å²) in [4.78, 5) is 27.3. The molecule has 0 saturated carbocycles. The van der Waals surface area contributed by atoms with Gasteiger partial charge in [-0.15, -0.1) is 0 Å². The highest BCUT2D eigenvalue weighted by Gasteiger charge is 2.08. The molecule has 0 bridgehead atoms. The van der Waals surface area contributed by atoms with Crippen molar-refractivity contribution in [1.29, 1.82) is 0 Å². The zero-order chi connectivity index (χ0) is 12.1. The number of aliphatic carboxylic acids is 1. The molecule has 0 unspecified atom stereocenters. The number of nitrogens with zero attached hydrogens (tertiary/aromatic N) is 2. The Kier molecular flexibility index (Phi) is 4.30. The lowest BCUT2D eigenvalue weighted by Crippen LogP contribution is -2.21. The molecule has 0 saturated heterocycles. The average Bonchev–Trinajstić information content (AvgIpc) is 2.26. The summed E-state index contributed by atoms with van der Waals surface area (Å²) >= 11 is 1.12. The maximum Gasteiger partial charge on any atom is 0.313 e. The van der Waals surface area contributed by atoms with Crippen LogP contribution in [0.4, 0.5) is 0 Å². The smallest absolute Gasteiger partial charge is 0.313 e. The molecular formula is C10H12N2O3S. The SMILES string of the molecule is CN(C)C(=O)c1ccc(SCC(=O)O)nc1. The monoisotopic (exact) mass is 240 g/mol. The standard InChI is InChI=1S/C10H12N2O3S/c1-12(2)10(15)7-3-4-8(11-5-7)16-6-9(13)14/h3-5H,6H2,1-2H3,(H,13,14). The Morgan fingerprint density at radius 3 is 2.56 bits per heavy atom. The second-order valence-corrected chi connectivity index (χ2v) is 4.26. The Hall–Kier alpha value is -1.56. The van der Waals surface area contributed by atoms with Gasteiger partial charge in [0, 0.05) is 20.3 Å². The van der Waals surface area contributed by atoms with E-state index in [2.05, 4.69) is 4.98 Å². The van der Waals surface area contributed by atoms with E-state index in [4.69, 9.17) is 5.11 Å². The molecule has 0 aliphatic carbocycles. The Morgan fingerprint density at radius 2 is 2.12 bits per heavy atom. The number of aromatic nitrogens is 1. The van der Waals surface area contributed by atoms with Crippen LogP contribution in [0.5, 0.6) is 0 Å². The molecule has 0 aliphatic rings. The van der Waals surface area contributed by atoms with Crippen molar-refractivity contribution in [2.45, 2.75) is 5.03 Å². The molecule has 16 heavy (non-hydrogen) atoms. The van der Waals surface area contributed by atoms with Gasteiger partial charge in [0.05, 0.1) is 16.3 Å². The van der Waals surface area contributed by atoms with Gasteiger partial charge in [-0.2, -0.15) is 0 Å². The number of pyridine rings is 1. The van der Waals surface area contributed by atoms with E-state index in [0.717, 1.165) is 11.8 Å². The highest BCUT2D eigenvalue weighted by molar-refractivity contribution is 7.99. The molecule has 6 heteroatoms. The van der Waals surface area contributed by atoms with Crippen molar-refractivity contribution in [3.8, 4) is 0 Å². The molecule has 0 spiro atoms. The first-order chi connectivity index (χ1) is 7.50. The van der Waals surface area contributed by atoms with Crippen molar-refractivity contribution in [2.24, 2.45) is 0 Å². The van der Waals surface area contributed by atoms with E-state index in [1.54, 1.807) is 26.2 Å². The number of rotatable bonds is 4. The largest absolute Gasteiger partial charge is 0.481 e. The van der Waals surface area contributed by atoms with E-state index in [-0.39, 0.29) is 11.7 Å². The van der Waals surface area contributed by atoms with Gasteiger partial charge in [0.1, 0.15) is 0 Å². The van der Waals surface area contributed by atoms with E-state index in [1.165, 1.54) is 11.1 Å². The lowest BCUT2D eigenvalue weighted by atomic mass is 10.2. The average molecular weight is 240 g/mol. The minimum Gasteiger partial charge on any atom is -0.481 e. The molecule has 0 aliphatic heterocycles. The lowest BCUT2D eigenvalue weighted by Gasteiger charge is -2.09. The van der Waals surface area contributed by atoms with Crippen molar-refractivity contribution in [2.75, 3.05) is 19.8 Å². The number of amides is 1. The molecule has 1 aromatic rings. The molecule has 86 valence electrons. The Bertz CT molecular complexity index is 390. The number of hydrogen-bond acceptors (Lipinski definition) is 4. The fourth-order valence-corrected chi connectivity index (χ4v) is 1.55. The Balaban J connectivity index is 2.68. The normalized spacial score (nSPS) is 9.88. The molecule has 1 rings (SSSR count). The second kappa shape index (κ2) is 5.50. The first-order valence-electron chi connectivity index (χ1n) is 4.53. The van der Waals surface area contributed by atoms with Gasteiger partial charge < -0.3 is 10.0 Å². The highest BCUT2D eigenvalue weighted by Crippen LogP contribution is 2.15. The maximum absolute atomic E-state index is 11.5. The number of hydrogen-bond donors (Lipinski definition) is 1. The van der Waals surface area contributed by atoms with Crippen LogP contribution in [-0.4, -0.2) is 46.7 Å². The minimum atomic E-state index is -0.889. The van der Waals surface area contributed by atoms with Gasteiger partial charge in [-0.3, -0.25) is 9.59 Å². The van der Waals surface area contributed by atoms with Crippen LogP contribution >= 0.6 is 11.8 Å². The first kappa shape index (κ1) is 12.5. The first-order valence-corrected chi connectivity index (χ1v) is 5.51. The minimum absolute atomic E-state index is 0.0338. The van der Waals surface area contributed by atoms with Crippen LogP contribution in [0.15, 0.2) is 23.4 Å². The summed E-state index contributed by atoms with van der Waals surface area (Å²) < 4.78 is 0. The van der Waals surface area contributed by atoms with Crippen LogP contribution in [0.3, 0.4) is 0 Å². The van der Waals surface area contributed by atoms with Gasteiger partial charge in [-0.25, -0.2) is 4.98 Å². The van der Waals surface area contributed by atoms with Gasteiger partial charge in [0.2, 0.25) is 0 Å². The third kappa shape index (κ3) is 3.54. The summed E-state index contributed by atoms with van der Waals surface area (Å²) in [6.45, 7) is 0. The zero-order valence-corrected chi connectivity index (χ0v) is 9.82. The van der Waals surface area contributed by atoms with Crippen LogP contribution in [-0.2, 0) is 4.79 Å². The van der Waals surface area contributed by atoms with E-state index >= 15 is 0 Å². The summed E-state index contributed by atoms with van der Waals surface area (Å²) in [6, 6.07) is 3.28. The molecule has 1 aromatic heterocycles. The topological polar surface area (TPSA) is 70.5 Å². The quantitative estimate of drug-likeness (QED) is 0.794. The van der Waals surface area contributed by atoms with Gasteiger partial charge in [-0.1, -0.05) is 11.8 Å². The summed E-state index contributed by atoms with van der Waals surface area (Å²) in [5, 5.41) is 9.08. The third-order valence-corrected chi connectivity index (χ3v) is 2.66. The van der Waals surface area contributed by atoms with Crippen LogP contribution in [0.25, 0.3) is 0 Å². The molecule has 0 atom stereocenters. The molecule has 0 aromatic carbocycles. The van der Waals surface area contributed by atoms with Crippen molar-refractivity contribution >= 4 is 23.6 Å². The van der Waals surface area contributed by atoms with E-state index in [9.17, 15) is 9.59 Å². The predicted molar refractivity (Wildman–Crippen MR) is 60.6 cm³/mol. The molecule has 5 nitrogen and oxygen atoms in total. The van der Waals surface area contributed by atoms with Gasteiger partial charge in [-0.05, 0) is 12.1 Å². The fraction of sp³-hybridized carbons (Fsp3) is 0.300. The maximum atomic E-state index is 11.5. The number of carboxylic acid groups (broad SMARTS) is 1. The zero-order valence-electron chi connectivity index (χ0n) is 9.01. The van der Waals surface area contributed by atoms with Crippen LogP contribution in [0.1, 0.15) is 10.4 Å². The van der Waals surface area contributed by atoms with Gasteiger partial charge in [0.15, 0.2) is 0 Å². The molecule has 1 heterocycles. The molecule has 1 N–H and O–H groups in total.